The summed E-state index contributed by atoms with van der Waals surface area (Å²) in [6.07, 6.45) is 2.30. The number of hydrogen-bond acceptors (Lipinski definition) is 3. The minimum absolute atomic E-state index is 0.307. The molecule has 2 rings (SSSR count). The van der Waals surface area contributed by atoms with Crippen LogP contribution in [0.1, 0.15) is 30.9 Å². The summed E-state index contributed by atoms with van der Waals surface area (Å²) in [5, 5.41) is 3.36. The van der Waals surface area contributed by atoms with Gasteiger partial charge in [0.1, 0.15) is 11.9 Å². The van der Waals surface area contributed by atoms with Crippen LogP contribution in [0.15, 0.2) is 18.2 Å². The second-order valence-electron chi connectivity index (χ2n) is 4.82. The van der Waals surface area contributed by atoms with E-state index in [9.17, 15) is 0 Å². The summed E-state index contributed by atoms with van der Waals surface area (Å²) >= 11 is 0. The van der Waals surface area contributed by atoms with Gasteiger partial charge in [0.05, 0.1) is 13.2 Å². The van der Waals surface area contributed by atoms with Gasteiger partial charge in [-0.2, -0.15) is 0 Å². The van der Waals surface area contributed by atoms with Crippen LogP contribution < -0.4 is 10.1 Å². The van der Waals surface area contributed by atoms with E-state index in [-0.39, 0.29) is 0 Å². The van der Waals surface area contributed by atoms with Crippen molar-refractivity contribution in [1.29, 1.82) is 0 Å². The van der Waals surface area contributed by atoms with Gasteiger partial charge in [-0.15, -0.1) is 0 Å². The Morgan fingerprint density at radius 1 is 1.33 bits per heavy atom. The summed E-state index contributed by atoms with van der Waals surface area (Å²) in [5.74, 6) is 1.02. The van der Waals surface area contributed by atoms with E-state index < -0.39 is 0 Å². The van der Waals surface area contributed by atoms with Gasteiger partial charge in [0.25, 0.3) is 0 Å². The van der Waals surface area contributed by atoms with E-state index in [0.717, 1.165) is 44.9 Å². The van der Waals surface area contributed by atoms with Gasteiger partial charge in [-0.25, -0.2) is 0 Å². The monoisotopic (exact) mass is 249 g/mol. The Hall–Kier alpha value is -1.06. The molecule has 1 aromatic carbocycles. The smallest absolute Gasteiger partial charge is 0.124 e. The quantitative estimate of drug-likeness (QED) is 0.870. The van der Waals surface area contributed by atoms with E-state index in [1.165, 1.54) is 11.1 Å². The van der Waals surface area contributed by atoms with Crippen LogP contribution in [0.25, 0.3) is 0 Å². The average Bonchev–Trinajstić information content (AvgIpc) is 2.40. The van der Waals surface area contributed by atoms with Crippen molar-refractivity contribution >= 4 is 0 Å². The highest BCUT2D eigenvalue weighted by atomic mass is 16.5. The third kappa shape index (κ3) is 3.72. The van der Waals surface area contributed by atoms with Gasteiger partial charge in [0.15, 0.2) is 0 Å². The first-order chi connectivity index (χ1) is 8.79. The van der Waals surface area contributed by atoms with E-state index >= 15 is 0 Å². The van der Waals surface area contributed by atoms with Crippen molar-refractivity contribution in [2.45, 2.75) is 39.3 Å². The number of nitrogens with one attached hydrogen (secondary N) is 1. The molecule has 1 N–H and O–H groups in total. The molecule has 1 aliphatic rings. The van der Waals surface area contributed by atoms with Crippen molar-refractivity contribution in [3.05, 3.63) is 29.3 Å². The predicted octanol–water partition coefficient (Wildman–Crippen LogP) is 2.66. The van der Waals surface area contributed by atoms with Crippen molar-refractivity contribution in [3.63, 3.8) is 0 Å². The summed E-state index contributed by atoms with van der Waals surface area (Å²) in [6.45, 7) is 7.72. The highest BCUT2D eigenvalue weighted by Crippen LogP contribution is 2.23. The molecule has 1 heterocycles. The van der Waals surface area contributed by atoms with Crippen molar-refractivity contribution in [2.24, 2.45) is 0 Å². The van der Waals surface area contributed by atoms with E-state index in [2.05, 4.69) is 37.4 Å². The van der Waals surface area contributed by atoms with Gasteiger partial charge < -0.3 is 14.8 Å². The Balaban J connectivity index is 2.04. The van der Waals surface area contributed by atoms with Gasteiger partial charge in [0.2, 0.25) is 0 Å². The minimum Gasteiger partial charge on any atom is -0.490 e. The van der Waals surface area contributed by atoms with E-state index in [1.54, 1.807) is 0 Å². The Kier molecular flexibility index (Phi) is 5.02. The Morgan fingerprint density at radius 2 is 2.11 bits per heavy atom. The van der Waals surface area contributed by atoms with Crippen molar-refractivity contribution in [2.75, 3.05) is 19.8 Å². The van der Waals surface area contributed by atoms with Gasteiger partial charge >= 0.3 is 0 Å². The molecule has 3 nitrogen and oxygen atoms in total. The highest BCUT2D eigenvalue weighted by molar-refractivity contribution is 5.37. The lowest BCUT2D eigenvalue weighted by Gasteiger charge is -2.24. The summed E-state index contributed by atoms with van der Waals surface area (Å²) in [6, 6.07) is 6.42. The van der Waals surface area contributed by atoms with Crippen molar-refractivity contribution < 1.29 is 9.47 Å². The van der Waals surface area contributed by atoms with Crippen LogP contribution in [0.4, 0.5) is 0 Å². The normalized spacial score (nSPS) is 16.8. The first-order valence-electron chi connectivity index (χ1n) is 6.84. The standard InChI is InChI=1S/C15H23NO2/c1-3-16-11-13-10-12(2)4-5-15(13)18-14-6-8-17-9-7-14/h4-5,10,14,16H,3,6-9,11H2,1-2H3. The first-order valence-corrected chi connectivity index (χ1v) is 6.84. The molecule has 3 heteroatoms. The van der Waals surface area contributed by atoms with E-state index in [1.807, 2.05) is 0 Å². The summed E-state index contributed by atoms with van der Waals surface area (Å²) in [4.78, 5) is 0. The van der Waals surface area contributed by atoms with Gasteiger partial charge in [0, 0.05) is 24.9 Å². The summed E-state index contributed by atoms with van der Waals surface area (Å²) < 4.78 is 11.5. The molecule has 0 atom stereocenters. The van der Waals surface area contributed by atoms with Crippen LogP contribution in [-0.2, 0) is 11.3 Å². The largest absolute Gasteiger partial charge is 0.490 e. The topological polar surface area (TPSA) is 30.5 Å². The first kappa shape index (κ1) is 13.4. The zero-order valence-electron chi connectivity index (χ0n) is 11.4. The third-order valence-electron chi connectivity index (χ3n) is 3.24. The molecular weight excluding hydrogens is 226 g/mol. The number of aryl methyl sites for hydroxylation is 1. The van der Waals surface area contributed by atoms with Crippen LogP contribution in [0, 0.1) is 6.92 Å². The fraction of sp³-hybridized carbons (Fsp3) is 0.600. The lowest BCUT2D eigenvalue weighted by atomic mass is 10.1. The number of rotatable bonds is 5. The lowest BCUT2D eigenvalue weighted by Crippen LogP contribution is -2.26. The van der Waals surface area contributed by atoms with Crippen molar-refractivity contribution in [3.8, 4) is 5.75 Å². The second-order valence-corrected chi connectivity index (χ2v) is 4.82. The second kappa shape index (κ2) is 6.76. The minimum atomic E-state index is 0.307. The molecule has 0 aromatic heterocycles. The molecule has 100 valence electrons. The molecule has 0 radical (unpaired) electrons. The number of benzene rings is 1. The molecular formula is C15H23NO2. The fourth-order valence-electron chi connectivity index (χ4n) is 2.19. The molecule has 18 heavy (non-hydrogen) atoms. The SMILES string of the molecule is CCNCc1cc(C)ccc1OC1CCOCC1. The molecule has 0 saturated carbocycles. The molecule has 1 saturated heterocycles. The fourth-order valence-corrected chi connectivity index (χ4v) is 2.19. The van der Waals surface area contributed by atoms with Crippen molar-refractivity contribution in [1.82, 2.24) is 5.32 Å². The molecule has 0 aliphatic carbocycles. The highest BCUT2D eigenvalue weighted by Gasteiger charge is 2.16. The summed E-state index contributed by atoms with van der Waals surface area (Å²) in [7, 11) is 0. The van der Waals surface area contributed by atoms with Crippen LogP contribution in [0.5, 0.6) is 5.75 Å². The maximum absolute atomic E-state index is 6.12. The molecule has 0 unspecified atom stereocenters. The molecule has 1 aliphatic heterocycles. The van der Waals surface area contributed by atoms with Gasteiger partial charge in [-0.1, -0.05) is 24.6 Å². The molecule has 0 spiro atoms. The molecule has 1 aromatic rings. The molecule has 1 fully saturated rings. The van der Waals surface area contributed by atoms with Crippen LogP contribution in [0.3, 0.4) is 0 Å². The Labute approximate surface area is 109 Å². The van der Waals surface area contributed by atoms with Gasteiger partial charge in [-0.3, -0.25) is 0 Å². The zero-order valence-corrected chi connectivity index (χ0v) is 11.4. The Morgan fingerprint density at radius 3 is 2.83 bits per heavy atom. The van der Waals surface area contributed by atoms with Crippen LogP contribution in [-0.4, -0.2) is 25.9 Å². The molecule has 0 amide bonds. The van der Waals surface area contributed by atoms with E-state index in [4.69, 9.17) is 9.47 Å². The van der Waals surface area contributed by atoms with Gasteiger partial charge in [-0.05, 0) is 19.5 Å². The average molecular weight is 249 g/mol. The number of hydrogen-bond donors (Lipinski definition) is 1. The van der Waals surface area contributed by atoms with Crippen LogP contribution in [0.2, 0.25) is 0 Å². The lowest BCUT2D eigenvalue weighted by molar-refractivity contribution is 0.0251. The Bertz CT molecular complexity index is 373. The third-order valence-corrected chi connectivity index (χ3v) is 3.24. The predicted molar refractivity (Wildman–Crippen MR) is 73.0 cm³/mol. The van der Waals surface area contributed by atoms with Crippen LogP contribution >= 0.6 is 0 Å². The summed E-state index contributed by atoms with van der Waals surface area (Å²) in [5.41, 5.74) is 2.53. The van der Waals surface area contributed by atoms with E-state index in [0.29, 0.717) is 6.10 Å². The zero-order chi connectivity index (χ0) is 12.8. The number of ether oxygens (including phenoxy) is 2. The maximum atomic E-state index is 6.12. The molecule has 0 bridgehead atoms. The maximum Gasteiger partial charge on any atom is 0.124 e.